The number of benzene rings is 1. The van der Waals surface area contributed by atoms with E-state index in [4.69, 9.17) is 0 Å². The third kappa shape index (κ3) is 2.67. The van der Waals surface area contributed by atoms with Crippen molar-refractivity contribution in [3.63, 3.8) is 0 Å². The van der Waals surface area contributed by atoms with Crippen molar-refractivity contribution in [2.24, 2.45) is 17.8 Å². The molecule has 1 aromatic carbocycles. The molecule has 2 saturated carbocycles. The van der Waals surface area contributed by atoms with E-state index in [1.54, 1.807) is 18.2 Å². The van der Waals surface area contributed by atoms with Crippen LogP contribution in [0.2, 0.25) is 0 Å². The molecule has 4 atom stereocenters. The van der Waals surface area contributed by atoms with E-state index in [1.165, 1.54) is 25.7 Å². The Hall–Kier alpha value is -1.51. The molecule has 0 aliphatic heterocycles. The molecular formula is C17H23NO2. The molecule has 0 spiro atoms. The maximum atomic E-state index is 12.1. The molecule has 4 unspecified atom stereocenters. The Morgan fingerprint density at radius 2 is 2.15 bits per heavy atom. The molecule has 2 aliphatic rings. The lowest BCUT2D eigenvalue weighted by Crippen LogP contribution is -2.40. The maximum Gasteiger partial charge on any atom is 0.224 e. The molecular weight excluding hydrogens is 250 g/mol. The van der Waals surface area contributed by atoms with Crippen LogP contribution >= 0.6 is 0 Å². The number of phenolic OH excluding ortho intramolecular Hbond substituents is 1. The van der Waals surface area contributed by atoms with Gasteiger partial charge in [-0.05, 0) is 50.0 Å². The largest absolute Gasteiger partial charge is 0.508 e. The lowest BCUT2D eigenvalue weighted by Gasteiger charge is -2.28. The molecule has 2 N–H and O–H groups in total. The maximum absolute atomic E-state index is 12.1. The standard InChI is InChI=1S/C17H23NO2/c1-11(15-9-12-6-7-13(15)8-12)18-17(20)10-14-4-2-3-5-16(14)19/h2-5,11-13,15,19H,6-10H2,1H3,(H,18,20). The second-order valence-corrected chi connectivity index (χ2v) is 6.50. The van der Waals surface area contributed by atoms with E-state index in [9.17, 15) is 9.90 Å². The van der Waals surface area contributed by atoms with Crippen molar-refractivity contribution in [1.82, 2.24) is 5.32 Å². The summed E-state index contributed by atoms with van der Waals surface area (Å²) in [5, 5.41) is 12.8. The van der Waals surface area contributed by atoms with Crippen molar-refractivity contribution < 1.29 is 9.90 Å². The average Bonchev–Trinajstić information content (AvgIpc) is 3.03. The fourth-order valence-corrected chi connectivity index (χ4v) is 4.15. The fourth-order valence-electron chi connectivity index (χ4n) is 4.15. The van der Waals surface area contributed by atoms with Crippen LogP contribution in [0.3, 0.4) is 0 Å². The van der Waals surface area contributed by atoms with E-state index in [0.29, 0.717) is 11.5 Å². The Morgan fingerprint density at radius 1 is 1.35 bits per heavy atom. The number of amides is 1. The SMILES string of the molecule is CC(NC(=O)Cc1ccccc1O)C1CC2CCC1C2. The Morgan fingerprint density at radius 3 is 2.80 bits per heavy atom. The van der Waals surface area contributed by atoms with E-state index < -0.39 is 0 Å². The van der Waals surface area contributed by atoms with Gasteiger partial charge >= 0.3 is 0 Å². The minimum atomic E-state index is 0.0155. The van der Waals surface area contributed by atoms with Crippen LogP contribution in [0.1, 0.15) is 38.2 Å². The van der Waals surface area contributed by atoms with Crippen molar-refractivity contribution in [3.8, 4) is 5.75 Å². The van der Waals surface area contributed by atoms with Gasteiger partial charge in [0.25, 0.3) is 0 Å². The first-order valence-corrected chi connectivity index (χ1v) is 7.69. The number of carbonyl (C=O) groups excluding carboxylic acids is 1. The van der Waals surface area contributed by atoms with Gasteiger partial charge in [0.05, 0.1) is 6.42 Å². The smallest absolute Gasteiger partial charge is 0.224 e. The summed E-state index contributed by atoms with van der Waals surface area (Å²) in [5.41, 5.74) is 0.699. The lowest BCUT2D eigenvalue weighted by atomic mass is 9.84. The molecule has 0 saturated heterocycles. The van der Waals surface area contributed by atoms with Crippen LogP contribution in [0.15, 0.2) is 24.3 Å². The molecule has 3 nitrogen and oxygen atoms in total. The molecule has 0 radical (unpaired) electrons. The highest BCUT2D eigenvalue weighted by Crippen LogP contribution is 2.49. The predicted molar refractivity (Wildman–Crippen MR) is 78.4 cm³/mol. The van der Waals surface area contributed by atoms with Crippen LogP contribution in [0.4, 0.5) is 0 Å². The third-order valence-electron chi connectivity index (χ3n) is 5.17. The van der Waals surface area contributed by atoms with Gasteiger partial charge in [-0.15, -0.1) is 0 Å². The Bertz CT molecular complexity index is 500. The van der Waals surface area contributed by atoms with E-state index >= 15 is 0 Å². The predicted octanol–water partition coefficient (Wildman–Crippen LogP) is 2.88. The minimum Gasteiger partial charge on any atom is -0.508 e. The van der Waals surface area contributed by atoms with Gasteiger partial charge in [-0.2, -0.15) is 0 Å². The number of nitrogens with one attached hydrogen (secondary N) is 1. The van der Waals surface area contributed by atoms with Gasteiger partial charge in [0.1, 0.15) is 5.75 Å². The van der Waals surface area contributed by atoms with Gasteiger partial charge in [0.15, 0.2) is 0 Å². The zero-order chi connectivity index (χ0) is 14.1. The van der Waals surface area contributed by atoms with E-state index in [-0.39, 0.29) is 24.1 Å². The van der Waals surface area contributed by atoms with Gasteiger partial charge in [-0.1, -0.05) is 24.6 Å². The number of phenols is 1. The van der Waals surface area contributed by atoms with Gasteiger partial charge < -0.3 is 10.4 Å². The molecule has 1 amide bonds. The van der Waals surface area contributed by atoms with Crippen LogP contribution in [0.5, 0.6) is 5.75 Å². The molecule has 2 fully saturated rings. The minimum absolute atomic E-state index is 0.0155. The molecule has 0 aromatic heterocycles. The van der Waals surface area contributed by atoms with E-state index in [1.807, 2.05) is 6.07 Å². The summed E-state index contributed by atoms with van der Waals surface area (Å²) in [7, 11) is 0. The number of hydrogen-bond donors (Lipinski definition) is 2. The number of hydrogen-bond acceptors (Lipinski definition) is 2. The summed E-state index contributed by atoms with van der Waals surface area (Å²) in [4.78, 5) is 12.1. The van der Waals surface area contributed by atoms with Gasteiger partial charge in [0, 0.05) is 11.6 Å². The molecule has 20 heavy (non-hydrogen) atoms. The van der Waals surface area contributed by atoms with Crippen molar-refractivity contribution in [3.05, 3.63) is 29.8 Å². The second kappa shape index (κ2) is 5.47. The van der Waals surface area contributed by atoms with Crippen LogP contribution in [0.25, 0.3) is 0 Å². The van der Waals surface area contributed by atoms with E-state index in [2.05, 4.69) is 12.2 Å². The van der Waals surface area contributed by atoms with Crippen molar-refractivity contribution in [1.29, 1.82) is 0 Å². The molecule has 1 aromatic rings. The summed E-state index contributed by atoms with van der Waals surface area (Å²) >= 11 is 0. The first kappa shape index (κ1) is 13.5. The van der Waals surface area contributed by atoms with Crippen LogP contribution < -0.4 is 5.32 Å². The zero-order valence-corrected chi connectivity index (χ0v) is 12.0. The Balaban J connectivity index is 1.55. The summed E-state index contributed by atoms with van der Waals surface area (Å²) in [6.45, 7) is 2.13. The van der Waals surface area contributed by atoms with Gasteiger partial charge in [0.2, 0.25) is 5.91 Å². The van der Waals surface area contributed by atoms with E-state index in [0.717, 1.165) is 11.8 Å². The number of carbonyl (C=O) groups is 1. The normalized spacial score (nSPS) is 29.4. The van der Waals surface area contributed by atoms with Crippen LogP contribution in [-0.4, -0.2) is 17.1 Å². The topological polar surface area (TPSA) is 49.3 Å². The van der Waals surface area contributed by atoms with Crippen LogP contribution in [0, 0.1) is 17.8 Å². The third-order valence-corrected chi connectivity index (χ3v) is 5.17. The molecule has 108 valence electrons. The Kier molecular flexibility index (Phi) is 3.68. The zero-order valence-electron chi connectivity index (χ0n) is 12.0. The first-order chi connectivity index (χ1) is 9.63. The molecule has 3 rings (SSSR count). The van der Waals surface area contributed by atoms with Gasteiger partial charge in [-0.3, -0.25) is 4.79 Å². The quantitative estimate of drug-likeness (QED) is 0.886. The highest BCUT2D eigenvalue weighted by molar-refractivity contribution is 5.79. The number of aromatic hydroxyl groups is 1. The lowest BCUT2D eigenvalue weighted by molar-refractivity contribution is -0.121. The van der Waals surface area contributed by atoms with Crippen LogP contribution in [-0.2, 0) is 11.2 Å². The Labute approximate surface area is 120 Å². The average molecular weight is 273 g/mol. The summed E-state index contributed by atoms with van der Waals surface area (Å²) in [6, 6.07) is 7.30. The highest BCUT2D eigenvalue weighted by Gasteiger charge is 2.42. The van der Waals surface area contributed by atoms with Gasteiger partial charge in [-0.25, -0.2) is 0 Å². The molecule has 3 heteroatoms. The van der Waals surface area contributed by atoms with Crippen molar-refractivity contribution in [2.45, 2.75) is 45.1 Å². The number of fused-ring (bicyclic) bond motifs is 2. The molecule has 0 heterocycles. The van der Waals surface area contributed by atoms with Crippen molar-refractivity contribution >= 4 is 5.91 Å². The fraction of sp³-hybridized carbons (Fsp3) is 0.588. The summed E-state index contributed by atoms with van der Waals surface area (Å²) < 4.78 is 0. The number of para-hydroxylation sites is 1. The summed E-state index contributed by atoms with van der Waals surface area (Å²) in [6.07, 6.45) is 5.64. The molecule has 2 aliphatic carbocycles. The highest BCUT2D eigenvalue weighted by atomic mass is 16.3. The summed E-state index contributed by atoms with van der Waals surface area (Å²) in [5.74, 6) is 2.60. The monoisotopic (exact) mass is 273 g/mol. The number of rotatable bonds is 4. The van der Waals surface area contributed by atoms with Crippen molar-refractivity contribution in [2.75, 3.05) is 0 Å². The second-order valence-electron chi connectivity index (χ2n) is 6.50. The molecule has 2 bridgehead atoms. The first-order valence-electron chi connectivity index (χ1n) is 7.69.